The van der Waals surface area contributed by atoms with Crippen molar-refractivity contribution in [2.75, 3.05) is 12.3 Å². The van der Waals surface area contributed by atoms with E-state index in [1.165, 1.54) is 10.9 Å². The molecular formula is C11H15N5O4. The van der Waals surface area contributed by atoms with E-state index in [2.05, 4.69) is 15.0 Å². The summed E-state index contributed by atoms with van der Waals surface area (Å²) in [5.41, 5.74) is 6.55. The van der Waals surface area contributed by atoms with Gasteiger partial charge in [0.25, 0.3) is 0 Å². The number of nitrogen functional groups attached to an aromatic ring is 1. The molecule has 1 fully saturated rings. The third-order valence-electron chi connectivity index (χ3n) is 3.45. The maximum absolute atomic E-state index is 10.1. The molecule has 0 amide bonds. The van der Waals surface area contributed by atoms with Crippen LogP contribution in [-0.4, -0.2) is 59.8 Å². The van der Waals surface area contributed by atoms with Crippen LogP contribution in [0.5, 0.6) is 0 Å². The second-order valence-corrected chi connectivity index (χ2v) is 4.69. The number of aliphatic hydroxyl groups excluding tert-OH is 3. The number of aryl methyl sites for hydroxylation is 1. The van der Waals surface area contributed by atoms with Crippen LogP contribution in [0.2, 0.25) is 0 Å². The van der Waals surface area contributed by atoms with Gasteiger partial charge in [0.05, 0.1) is 6.61 Å². The lowest BCUT2D eigenvalue weighted by Gasteiger charge is -2.18. The number of aliphatic hydroxyl groups is 3. The Kier molecular flexibility index (Phi) is 3.05. The molecule has 9 heteroatoms. The Morgan fingerprint density at radius 3 is 2.75 bits per heavy atom. The Morgan fingerprint density at radius 1 is 1.35 bits per heavy atom. The van der Waals surface area contributed by atoms with Crippen molar-refractivity contribution in [1.29, 1.82) is 0 Å². The number of aromatic nitrogens is 4. The number of nitrogens with two attached hydrogens (primary N) is 1. The number of ether oxygens (including phenoxy) is 1. The summed E-state index contributed by atoms with van der Waals surface area (Å²) in [7, 11) is 0. The van der Waals surface area contributed by atoms with Crippen LogP contribution in [0.25, 0.3) is 11.2 Å². The van der Waals surface area contributed by atoms with Gasteiger partial charge in [-0.3, -0.25) is 4.57 Å². The van der Waals surface area contributed by atoms with Crippen molar-refractivity contribution in [3.05, 3.63) is 12.2 Å². The van der Waals surface area contributed by atoms with Crippen molar-refractivity contribution in [1.82, 2.24) is 19.5 Å². The number of rotatable bonds is 2. The lowest BCUT2D eigenvalue weighted by atomic mass is 10.1. The number of fused-ring (bicyclic) bond motifs is 1. The Labute approximate surface area is 113 Å². The molecule has 0 bridgehead atoms. The molecule has 2 aromatic heterocycles. The molecule has 1 aliphatic rings. The molecule has 1 aliphatic heterocycles. The van der Waals surface area contributed by atoms with Crippen LogP contribution in [0.4, 0.5) is 5.82 Å². The van der Waals surface area contributed by atoms with Crippen molar-refractivity contribution in [3.8, 4) is 0 Å². The van der Waals surface area contributed by atoms with E-state index in [0.717, 1.165) is 0 Å². The molecule has 2 aromatic rings. The number of nitrogens with zero attached hydrogens (tertiary/aromatic N) is 4. The van der Waals surface area contributed by atoms with Crippen LogP contribution in [-0.2, 0) is 4.74 Å². The van der Waals surface area contributed by atoms with Gasteiger partial charge in [-0.1, -0.05) is 0 Å². The van der Waals surface area contributed by atoms with E-state index in [-0.39, 0.29) is 5.82 Å². The third kappa shape index (κ3) is 1.75. The van der Waals surface area contributed by atoms with Gasteiger partial charge in [0.15, 0.2) is 23.2 Å². The molecule has 20 heavy (non-hydrogen) atoms. The van der Waals surface area contributed by atoms with Gasteiger partial charge in [-0.15, -0.1) is 0 Å². The average Bonchev–Trinajstić information content (AvgIpc) is 2.90. The SMILES string of the molecule is Cc1nc2c(N)ncnc2n1[C@@H]1O[C@H](CO)C(O)[C@@H]1O. The fraction of sp³-hybridized carbons (Fsp3) is 0.545. The molecule has 3 heterocycles. The fourth-order valence-corrected chi connectivity index (χ4v) is 2.43. The van der Waals surface area contributed by atoms with Gasteiger partial charge in [-0.2, -0.15) is 0 Å². The summed E-state index contributed by atoms with van der Waals surface area (Å²) in [6.07, 6.45) is -2.83. The summed E-state index contributed by atoms with van der Waals surface area (Å²) in [6, 6.07) is 0. The number of hydrogen-bond donors (Lipinski definition) is 4. The Bertz CT molecular complexity index is 645. The second kappa shape index (κ2) is 4.63. The van der Waals surface area contributed by atoms with E-state index >= 15 is 0 Å². The average molecular weight is 281 g/mol. The second-order valence-electron chi connectivity index (χ2n) is 4.69. The Morgan fingerprint density at radius 2 is 2.10 bits per heavy atom. The monoisotopic (exact) mass is 281 g/mol. The predicted molar refractivity (Wildman–Crippen MR) is 67.5 cm³/mol. The molecule has 1 unspecified atom stereocenters. The van der Waals surface area contributed by atoms with E-state index in [4.69, 9.17) is 15.6 Å². The fourth-order valence-electron chi connectivity index (χ4n) is 2.43. The smallest absolute Gasteiger partial charge is 0.167 e. The zero-order valence-electron chi connectivity index (χ0n) is 10.7. The van der Waals surface area contributed by atoms with Crippen LogP contribution >= 0.6 is 0 Å². The summed E-state index contributed by atoms with van der Waals surface area (Å²) >= 11 is 0. The minimum absolute atomic E-state index is 0.226. The molecule has 3 rings (SSSR count). The summed E-state index contributed by atoms with van der Waals surface area (Å²) < 4.78 is 7.02. The van der Waals surface area contributed by atoms with Gasteiger partial charge in [0, 0.05) is 0 Å². The summed E-state index contributed by atoms with van der Waals surface area (Å²) in [5, 5.41) is 29.0. The normalized spacial score (nSPS) is 30.2. The van der Waals surface area contributed by atoms with E-state index in [0.29, 0.717) is 17.0 Å². The molecule has 0 aliphatic carbocycles. The molecule has 5 N–H and O–H groups in total. The predicted octanol–water partition coefficient (Wildman–Crippen LogP) is -1.67. The number of anilines is 1. The number of hydrogen-bond acceptors (Lipinski definition) is 8. The van der Waals surface area contributed by atoms with Crippen molar-refractivity contribution in [2.45, 2.75) is 31.5 Å². The van der Waals surface area contributed by atoms with E-state index in [1.54, 1.807) is 6.92 Å². The third-order valence-corrected chi connectivity index (χ3v) is 3.45. The minimum Gasteiger partial charge on any atom is -0.394 e. The minimum atomic E-state index is -1.19. The topological polar surface area (TPSA) is 140 Å². The first-order valence-corrected chi connectivity index (χ1v) is 6.12. The van der Waals surface area contributed by atoms with Gasteiger partial charge in [-0.25, -0.2) is 15.0 Å². The molecule has 1 saturated heterocycles. The van der Waals surface area contributed by atoms with Gasteiger partial charge in [0.2, 0.25) is 0 Å². The highest BCUT2D eigenvalue weighted by Gasteiger charge is 2.44. The van der Waals surface area contributed by atoms with Gasteiger partial charge in [0.1, 0.15) is 30.5 Å². The van der Waals surface area contributed by atoms with Crippen molar-refractivity contribution in [2.24, 2.45) is 0 Å². The summed E-state index contributed by atoms with van der Waals surface area (Å²) in [5.74, 6) is 0.741. The van der Waals surface area contributed by atoms with Crippen LogP contribution in [0.15, 0.2) is 6.33 Å². The van der Waals surface area contributed by atoms with E-state index in [1.807, 2.05) is 0 Å². The molecule has 108 valence electrons. The van der Waals surface area contributed by atoms with Crippen LogP contribution in [0, 0.1) is 6.92 Å². The Hall–Kier alpha value is -1.81. The van der Waals surface area contributed by atoms with E-state index in [9.17, 15) is 10.2 Å². The zero-order valence-corrected chi connectivity index (χ0v) is 10.7. The summed E-state index contributed by atoms with van der Waals surface area (Å²) in [6.45, 7) is 1.31. The maximum atomic E-state index is 10.1. The first kappa shape index (κ1) is 13.2. The first-order chi connectivity index (χ1) is 9.54. The molecule has 9 nitrogen and oxygen atoms in total. The number of imidazole rings is 1. The van der Waals surface area contributed by atoms with Gasteiger partial charge in [-0.05, 0) is 6.92 Å². The maximum Gasteiger partial charge on any atom is 0.167 e. The zero-order chi connectivity index (χ0) is 14.4. The van der Waals surface area contributed by atoms with Crippen molar-refractivity contribution < 1.29 is 20.1 Å². The van der Waals surface area contributed by atoms with Crippen molar-refractivity contribution in [3.63, 3.8) is 0 Å². The van der Waals surface area contributed by atoms with Crippen LogP contribution < -0.4 is 5.73 Å². The highest BCUT2D eigenvalue weighted by molar-refractivity contribution is 5.81. The lowest BCUT2D eigenvalue weighted by Crippen LogP contribution is -2.33. The highest BCUT2D eigenvalue weighted by Crippen LogP contribution is 2.33. The summed E-state index contributed by atoms with van der Waals surface area (Å²) in [4.78, 5) is 12.2. The molecule has 0 radical (unpaired) electrons. The lowest BCUT2D eigenvalue weighted by molar-refractivity contribution is -0.0519. The Balaban J connectivity index is 2.11. The van der Waals surface area contributed by atoms with Gasteiger partial charge >= 0.3 is 0 Å². The highest BCUT2D eigenvalue weighted by atomic mass is 16.6. The molecule has 0 saturated carbocycles. The largest absolute Gasteiger partial charge is 0.394 e. The molecular weight excluding hydrogens is 266 g/mol. The quantitative estimate of drug-likeness (QED) is 0.512. The van der Waals surface area contributed by atoms with Crippen molar-refractivity contribution >= 4 is 17.0 Å². The van der Waals surface area contributed by atoms with Crippen LogP contribution in [0.1, 0.15) is 12.1 Å². The molecule has 4 atom stereocenters. The standard InChI is InChI=1S/C11H15N5O4/c1-4-15-6-9(12)13-3-14-10(6)16(4)11-8(19)7(18)5(2-17)20-11/h3,5,7-8,11,17-19H,2H2,1H3,(H2,12,13,14)/t5-,7?,8+,11-/m1/s1. The van der Waals surface area contributed by atoms with E-state index < -0.39 is 31.1 Å². The van der Waals surface area contributed by atoms with Crippen LogP contribution in [0.3, 0.4) is 0 Å². The molecule has 0 spiro atoms. The first-order valence-electron chi connectivity index (χ1n) is 6.12. The van der Waals surface area contributed by atoms with Gasteiger partial charge < -0.3 is 25.8 Å². The molecule has 0 aromatic carbocycles.